The van der Waals surface area contributed by atoms with E-state index < -0.39 is 5.97 Å². The molecule has 0 amide bonds. The third-order valence-corrected chi connectivity index (χ3v) is 6.14. The molecule has 0 fully saturated rings. The van der Waals surface area contributed by atoms with Crippen LogP contribution in [0.2, 0.25) is 0 Å². The molecule has 1 rings (SSSR count). The second kappa shape index (κ2) is 18.9. The van der Waals surface area contributed by atoms with Crippen molar-refractivity contribution in [3.05, 3.63) is 0 Å². The number of carboxylic acids is 1. The molecule has 1 aliphatic rings. The maximum Gasteiger partial charge on any atom is 0.182 e. The number of unbranched alkanes of at least 4 members (excludes halogenated alkanes) is 11. The Morgan fingerprint density at radius 2 is 1.69 bits per heavy atom. The van der Waals surface area contributed by atoms with E-state index in [0.29, 0.717) is 26.1 Å². The Labute approximate surface area is 196 Å². The van der Waals surface area contributed by atoms with Crippen LogP contribution in [-0.2, 0) is 4.79 Å². The molecule has 2 unspecified atom stereocenters. The lowest BCUT2D eigenvalue weighted by Gasteiger charge is -2.27. The fraction of sp³-hybridized carbons (Fsp3) is 0.846. The van der Waals surface area contributed by atoms with E-state index in [2.05, 4.69) is 24.2 Å². The molecule has 1 heterocycles. The van der Waals surface area contributed by atoms with Crippen molar-refractivity contribution < 1.29 is 19.6 Å². The molecule has 0 spiro atoms. The maximum atomic E-state index is 10.8. The minimum Gasteiger partial charge on any atom is -0.544 e. The molecule has 2 atom stereocenters. The maximum absolute atomic E-state index is 10.8. The summed E-state index contributed by atoms with van der Waals surface area (Å²) in [7, 11) is 0. The fourth-order valence-electron chi connectivity index (χ4n) is 4.05. The van der Waals surface area contributed by atoms with Crippen molar-refractivity contribution in [3.8, 4) is 12.0 Å². The first-order valence-corrected chi connectivity index (χ1v) is 13.0. The molecular formula is C26H47N3O3. The van der Waals surface area contributed by atoms with Crippen molar-refractivity contribution in [1.82, 2.24) is 10.2 Å². The van der Waals surface area contributed by atoms with Crippen molar-refractivity contribution in [3.63, 3.8) is 0 Å². The summed E-state index contributed by atoms with van der Waals surface area (Å²) in [5.41, 5.74) is 0. The molecule has 0 radical (unpaired) electrons. The van der Waals surface area contributed by atoms with Crippen molar-refractivity contribution in [2.75, 3.05) is 26.2 Å². The Balaban J connectivity index is 2.04. The van der Waals surface area contributed by atoms with Gasteiger partial charge in [0, 0.05) is 12.6 Å². The molecule has 0 bridgehead atoms. The van der Waals surface area contributed by atoms with Gasteiger partial charge in [-0.05, 0) is 13.3 Å². The highest BCUT2D eigenvalue weighted by molar-refractivity contribution is 5.66. The van der Waals surface area contributed by atoms with Gasteiger partial charge in [-0.3, -0.25) is 5.32 Å². The van der Waals surface area contributed by atoms with Crippen LogP contribution in [0.5, 0.6) is 0 Å². The monoisotopic (exact) mass is 449 g/mol. The van der Waals surface area contributed by atoms with Gasteiger partial charge in [0.05, 0.1) is 25.2 Å². The van der Waals surface area contributed by atoms with Gasteiger partial charge in [0.15, 0.2) is 19.3 Å². The van der Waals surface area contributed by atoms with Crippen LogP contribution in [0.25, 0.3) is 0 Å². The third kappa shape index (κ3) is 15.3. The molecule has 1 aliphatic heterocycles. The van der Waals surface area contributed by atoms with Gasteiger partial charge >= 0.3 is 0 Å². The van der Waals surface area contributed by atoms with E-state index in [9.17, 15) is 15.0 Å². The molecule has 32 heavy (non-hydrogen) atoms. The molecule has 6 nitrogen and oxygen atoms in total. The summed E-state index contributed by atoms with van der Waals surface area (Å²) >= 11 is 0. The zero-order valence-corrected chi connectivity index (χ0v) is 20.6. The largest absolute Gasteiger partial charge is 0.544 e. The number of hydrogen-bond donors (Lipinski definition) is 2. The molecule has 0 aromatic heterocycles. The van der Waals surface area contributed by atoms with E-state index in [1.807, 2.05) is 18.0 Å². The molecule has 184 valence electrons. The number of aliphatic carboxylic acids is 1. The number of carboxylic acid groups (broad SMARTS) is 1. The topological polar surface area (TPSA) is 78.6 Å². The van der Waals surface area contributed by atoms with Crippen LogP contribution >= 0.6 is 0 Å². The molecule has 0 saturated heterocycles. The van der Waals surface area contributed by atoms with Crippen LogP contribution < -0.4 is 10.4 Å². The quantitative estimate of drug-likeness (QED) is 0.180. The number of nitrogens with zero attached hydrogens (tertiary/aromatic N) is 2. The van der Waals surface area contributed by atoms with E-state index in [4.69, 9.17) is 0 Å². The lowest BCUT2D eigenvalue weighted by atomic mass is 10.0. The molecule has 0 aromatic carbocycles. The van der Waals surface area contributed by atoms with Gasteiger partial charge in [0.25, 0.3) is 0 Å². The zero-order chi connectivity index (χ0) is 23.4. The van der Waals surface area contributed by atoms with Crippen molar-refractivity contribution >= 4 is 12.2 Å². The summed E-state index contributed by atoms with van der Waals surface area (Å²) in [6.45, 7) is 5.97. The number of hydrogen-bond acceptors (Lipinski definition) is 5. The van der Waals surface area contributed by atoms with E-state index in [-0.39, 0.29) is 18.8 Å². The van der Waals surface area contributed by atoms with Gasteiger partial charge in [-0.15, -0.1) is 0 Å². The van der Waals surface area contributed by atoms with E-state index in [1.54, 1.807) is 4.58 Å². The molecule has 0 saturated carbocycles. The van der Waals surface area contributed by atoms with Crippen LogP contribution in [0.3, 0.4) is 0 Å². The Hall–Kier alpha value is -1.58. The zero-order valence-electron chi connectivity index (χ0n) is 20.6. The van der Waals surface area contributed by atoms with Gasteiger partial charge in [0.1, 0.15) is 5.97 Å². The summed E-state index contributed by atoms with van der Waals surface area (Å²) in [6, 6.07) is 3.13. The molecule has 0 aliphatic carbocycles. The predicted molar refractivity (Wildman–Crippen MR) is 129 cm³/mol. The Kier molecular flexibility index (Phi) is 16.8. The smallest absolute Gasteiger partial charge is 0.182 e. The number of carbonyl (C=O) groups excluding carboxylic acids is 1. The van der Waals surface area contributed by atoms with E-state index >= 15 is 0 Å². The normalized spacial score (nSPS) is 17.5. The molecular weight excluding hydrogens is 402 g/mol. The van der Waals surface area contributed by atoms with Crippen LogP contribution in [0.4, 0.5) is 0 Å². The Morgan fingerprint density at radius 1 is 1.09 bits per heavy atom. The Morgan fingerprint density at radius 3 is 2.28 bits per heavy atom. The minimum absolute atomic E-state index is 0.00188. The second-order valence-corrected chi connectivity index (χ2v) is 9.13. The standard InChI is InChI=1S/C26H47N3O3/c1-3-4-5-6-7-8-9-10-11-12-13-14-17-25(30)22-27-24(2)29-19-16-15-18-28(20-21-29)23-26(31)32/h18,24-25,27,30H,3-15,17,20-23H2,1-2H3/b28-18+. The SMILES string of the molecule is CCCCCCCCCCCCCCC(O)CNC(C)N1C#CC/C=[N+](/CC(=O)[O-])CC1. The van der Waals surface area contributed by atoms with Crippen LogP contribution in [0.1, 0.15) is 104 Å². The molecule has 0 aromatic rings. The van der Waals surface area contributed by atoms with E-state index in [1.165, 1.54) is 70.6 Å². The van der Waals surface area contributed by atoms with Crippen molar-refractivity contribution in [1.29, 1.82) is 0 Å². The average Bonchev–Trinajstić information content (AvgIpc) is 2.74. The van der Waals surface area contributed by atoms with Crippen LogP contribution in [-0.4, -0.2) is 65.2 Å². The predicted octanol–water partition coefficient (Wildman–Crippen LogP) is 2.87. The fourth-order valence-corrected chi connectivity index (χ4v) is 4.05. The number of aliphatic hydroxyl groups excluding tert-OH is 1. The summed E-state index contributed by atoms with van der Waals surface area (Å²) in [6.07, 6.45) is 18.7. The number of aliphatic hydroxyl groups is 1. The van der Waals surface area contributed by atoms with Gasteiger partial charge < -0.3 is 19.9 Å². The lowest BCUT2D eigenvalue weighted by Crippen LogP contribution is -2.46. The van der Waals surface area contributed by atoms with Gasteiger partial charge in [-0.2, -0.15) is 0 Å². The molecule has 2 N–H and O–H groups in total. The highest BCUT2D eigenvalue weighted by atomic mass is 16.4. The first kappa shape index (κ1) is 28.5. The first-order valence-electron chi connectivity index (χ1n) is 13.0. The number of rotatable bonds is 19. The van der Waals surface area contributed by atoms with Gasteiger partial charge in [-0.25, -0.2) is 4.58 Å². The highest BCUT2D eigenvalue weighted by Crippen LogP contribution is 2.13. The van der Waals surface area contributed by atoms with Crippen LogP contribution in [0.15, 0.2) is 0 Å². The second-order valence-electron chi connectivity index (χ2n) is 9.13. The summed E-state index contributed by atoms with van der Waals surface area (Å²) in [5, 5.41) is 24.5. The number of carbonyl (C=O) groups is 1. The summed E-state index contributed by atoms with van der Waals surface area (Å²) < 4.78 is 1.74. The number of nitrogens with one attached hydrogen (secondary N) is 1. The van der Waals surface area contributed by atoms with Gasteiger partial charge in [-0.1, -0.05) is 89.9 Å². The Bertz CT molecular complexity index is 583. The molecule has 6 heteroatoms. The van der Waals surface area contributed by atoms with E-state index in [0.717, 1.165) is 12.8 Å². The lowest BCUT2D eigenvalue weighted by molar-refractivity contribution is -0.524. The van der Waals surface area contributed by atoms with Gasteiger partial charge in [0.2, 0.25) is 0 Å². The summed E-state index contributed by atoms with van der Waals surface area (Å²) in [4.78, 5) is 12.8. The average molecular weight is 450 g/mol. The van der Waals surface area contributed by atoms with Crippen molar-refractivity contribution in [2.45, 2.75) is 116 Å². The first-order chi connectivity index (χ1) is 15.5. The summed E-state index contributed by atoms with van der Waals surface area (Å²) in [5.74, 6) is 1.97. The third-order valence-electron chi connectivity index (χ3n) is 6.14. The van der Waals surface area contributed by atoms with Crippen LogP contribution in [0, 0.1) is 12.0 Å². The van der Waals surface area contributed by atoms with Crippen molar-refractivity contribution in [2.24, 2.45) is 0 Å². The minimum atomic E-state index is -1.08. The highest BCUT2D eigenvalue weighted by Gasteiger charge is 2.16.